The minimum atomic E-state index is -0.599. The number of nitrogens with zero attached hydrogens (tertiary/aromatic N) is 1. The molecule has 0 fully saturated rings. The molecule has 0 radical (unpaired) electrons. The highest BCUT2D eigenvalue weighted by Gasteiger charge is 2.28. The van der Waals surface area contributed by atoms with E-state index < -0.39 is 6.04 Å². The first kappa shape index (κ1) is 21.9. The summed E-state index contributed by atoms with van der Waals surface area (Å²) in [5.41, 5.74) is 1.92. The van der Waals surface area contributed by atoms with Crippen molar-refractivity contribution in [3.05, 3.63) is 70.7 Å². The Morgan fingerprint density at radius 2 is 1.75 bits per heavy atom. The molecule has 150 valence electrons. The molecule has 0 saturated heterocycles. The van der Waals surface area contributed by atoms with E-state index in [1.54, 1.807) is 24.1 Å². The van der Waals surface area contributed by atoms with Gasteiger partial charge in [-0.1, -0.05) is 54.1 Å². The van der Waals surface area contributed by atoms with Gasteiger partial charge in [-0.15, -0.1) is 0 Å². The molecule has 0 aromatic heterocycles. The monoisotopic (exact) mass is 402 g/mol. The number of amides is 2. The van der Waals surface area contributed by atoms with E-state index in [0.717, 1.165) is 17.5 Å². The van der Waals surface area contributed by atoms with Gasteiger partial charge in [0.25, 0.3) is 0 Å². The van der Waals surface area contributed by atoms with E-state index in [1.807, 2.05) is 42.5 Å². The van der Waals surface area contributed by atoms with Gasteiger partial charge in [-0.2, -0.15) is 0 Å². The molecule has 2 aromatic rings. The van der Waals surface area contributed by atoms with Gasteiger partial charge in [0.1, 0.15) is 6.04 Å². The minimum Gasteiger partial charge on any atom is -0.385 e. The maximum Gasteiger partial charge on any atom is 0.243 e. The molecule has 2 rings (SSSR count). The lowest BCUT2D eigenvalue weighted by Crippen LogP contribution is -2.50. The van der Waals surface area contributed by atoms with Crippen LogP contribution < -0.4 is 5.32 Å². The Bertz CT molecular complexity index is 750. The van der Waals surface area contributed by atoms with Crippen molar-refractivity contribution < 1.29 is 14.3 Å². The van der Waals surface area contributed by atoms with Gasteiger partial charge < -0.3 is 15.0 Å². The van der Waals surface area contributed by atoms with Crippen LogP contribution in [0.1, 0.15) is 24.5 Å². The summed E-state index contributed by atoms with van der Waals surface area (Å²) < 4.78 is 5.03. The Labute approximate surface area is 171 Å². The Morgan fingerprint density at radius 1 is 1.07 bits per heavy atom. The van der Waals surface area contributed by atoms with Crippen molar-refractivity contribution in [3.63, 3.8) is 0 Å². The summed E-state index contributed by atoms with van der Waals surface area (Å²) in [7, 11) is 1.63. The quantitative estimate of drug-likeness (QED) is 0.619. The van der Waals surface area contributed by atoms with Gasteiger partial charge in [0, 0.05) is 45.2 Å². The van der Waals surface area contributed by atoms with Crippen molar-refractivity contribution in [1.82, 2.24) is 10.2 Å². The second kappa shape index (κ2) is 11.5. The number of hydrogen-bond acceptors (Lipinski definition) is 3. The number of hydrogen-bond donors (Lipinski definition) is 1. The number of methoxy groups -OCH3 is 1. The average Bonchev–Trinajstić information content (AvgIpc) is 2.70. The van der Waals surface area contributed by atoms with Crippen LogP contribution in [0, 0.1) is 0 Å². The van der Waals surface area contributed by atoms with Gasteiger partial charge in [0.2, 0.25) is 11.8 Å². The fourth-order valence-corrected chi connectivity index (χ4v) is 3.08. The summed E-state index contributed by atoms with van der Waals surface area (Å²) >= 11 is 5.96. The standard InChI is InChI=1S/C22H27ClN2O3/c1-17(26)25(16-19-9-11-20(23)12-10-19)21(15-18-7-4-3-5-8-18)22(27)24-13-6-14-28-2/h3-5,7-12,21H,6,13-16H2,1-2H3,(H,24,27)/t21-/m1/s1. The van der Waals surface area contributed by atoms with Gasteiger partial charge in [-0.05, 0) is 29.7 Å². The largest absolute Gasteiger partial charge is 0.385 e. The zero-order valence-electron chi connectivity index (χ0n) is 16.4. The van der Waals surface area contributed by atoms with Crippen LogP contribution in [0.2, 0.25) is 5.02 Å². The van der Waals surface area contributed by atoms with Crippen LogP contribution in [0.15, 0.2) is 54.6 Å². The Balaban J connectivity index is 2.20. The normalized spacial score (nSPS) is 11.7. The molecule has 0 aliphatic heterocycles. The smallest absolute Gasteiger partial charge is 0.243 e. The number of carbonyl (C=O) groups is 2. The molecule has 1 N–H and O–H groups in total. The summed E-state index contributed by atoms with van der Waals surface area (Å²) in [6, 6.07) is 16.4. The van der Waals surface area contributed by atoms with Crippen LogP contribution in [0.25, 0.3) is 0 Å². The summed E-state index contributed by atoms with van der Waals surface area (Å²) in [5.74, 6) is -0.313. The summed E-state index contributed by atoms with van der Waals surface area (Å²) in [6.07, 6.45) is 1.17. The number of benzene rings is 2. The second-order valence-corrected chi connectivity index (χ2v) is 7.05. The maximum absolute atomic E-state index is 12.9. The number of rotatable bonds is 10. The van der Waals surface area contributed by atoms with E-state index in [1.165, 1.54) is 6.92 Å². The van der Waals surface area contributed by atoms with Gasteiger partial charge in [0.15, 0.2) is 0 Å². The highest BCUT2D eigenvalue weighted by Crippen LogP contribution is 2.16. The Kier molecular flexibility index (Phi) is 8.98. The number of ether oxygens (including phenoxy) is 1. The molecular weight excluding hydrogens is 376 g/mol. The van der Waals surface area contributed by atoms with Crippen molar-refractivity contribution in [2.24, 2.45) is 0 Å². The lowest BCUT2D eigenvalue weighted by molar-refractivity contribution is -0.139. The highest BCUT2D eigenvalue weighted by molar-refractivity contribution is 6.30. The van der Waals surface area contributed by atoms with Gasteiger partial charge >= 0.3 is 0 Å². The van der Waals surface area contributed by atoms with Gasteiger partial charge in [0.05, 0.1) is 0 Å². The molecule has 28 heavy (non-hydrogen) atoms. The van der Waals surface area contributed by atoms with Crippen molar-refractivity contribution in [2.45, 2.75) is 32.4 Å². The minimum absolute atomic E-state index is 0.150. The molecular formula is C22H27ClN2O3. The molecule has 0 aliphatic carbocycles. The molecule has 0 unspecified atom stereocenters. The second-order valence-electron chi connectivity index (χ2n) is 6.62. The molecule has 2 aromatic carbocycles. The van der Waals surface area contributed by atoms with E-state index in [-0.39, 0.29) is 11.8 Å². The predicted molar refractivity (Wildman–Crippen MR) is 111 cm³/mol. The predicted octanol–water partition coefficient (Wildman–Crippen LogP) is 3.45. The molecule has 1 atom stereocenters. The highest BCUT2D eigenvalue weighted by atomic mass is 35.5. The molecule has 0 spiro atoms. The van der Waals surface area contributed by atoms with E-state index in [2.05, 4.69) is 5.32 Å². The maximum atomic E-state index is 12.9. The van der Waals surface area contributed by atoms with Crippen molar-refractivity contribution in [1.29, 1.82) is 0 Å². The third kappa shape index (κ3) is 6.98. The Hall–Kier alpha value is -2.37. The molecule has 6 heteroatoms. The molecule has 0 aliphatic rings. The number of carbonyl (C=O) groups excluding carboxylic acids is 2. The fourth-order valence-electron chi connectivity index (χ4n) is 2.96. The van der Waals surface area contributed by atoms with E-state index >= 15 is 0 Å². The van der Waals surface area contributed by atoms with Gasteiger partial charge in [-0.25, -0.2) is 0 Å². The van der Waals surface area contributed by atoms with Crippen LogP contribution in [0.4, 0.5) is 0 Å². The molecule has 5 nitrogen and oxygen atoms in total. The zero-order chi connectivity index (χ0) is 20.4. The molecule has 0 heterocycles. The summed E-state index contributed by atoms with van der Waals surface area (Å²) in [5, 5.41) is 3.57. The lowest BCUT2D eigenvalue weighted by atomic mass is 10.0. The lowest BCUT2D eigenvalue weighted by Gasteiger charge is -2.30. The van der Waals surface area contributed by atoms with Crippen molar-refractivity contribution >= 4 is 23.4 Å². The number of halogens is 1. The van der Waals surface area contributed by atoms with Crippen LogP contribution in [-0.4, -0.2) is 43.0 Å². The third-order valence-electron chi connectivity index (χ3n) is 4.45. The fraction of sp³-hybridized carbons (Fsp3) is 0.364. The van der Waals surface area contributed by atoms with Crippen LogP contribution in [0.5, 0.6) is 0 Å². The first-order chi connectivity index (χ1) is 13.5. The zero-order valence-corrected chi connectivity index (χ0v) is 17.1. The topological polar surface area (TPSA) is 58.6 Å². The van der Waals surface area contributed by atoms with E-state index in [9.17, 15) is 9.59 Å². The van der Waals surface area contributed by atoms with Crippen molar-refractivity contribution in [2.75, 3.05) is 20.3 Å². The van der Waals surface area contributed by atoms with E-state index in [0.29, 0.717) is 31.1 Å². The van der Waals surface area contributed by atoms with E-state index in [4.69, 9.17) is 16.3 Å². The molecule has 0 bridgehead atoms. The van der Waals surface area contributed by atoms with Crippen molar-refractivity contribution in [3.8, 4) is 0 Å². The number of nitrogens with one attached hydrogen (secondary N) is 1. The first-order valence-corrected chi connectivity index (χ1v) is 9.71. The van der Waals surface area contributed by atoms with Gasteiger partial charge in [-0.3, -0.25) is 9.59 Å². The van der Waals surface area contributed by atoms with Crippen LogP contribution in [-0.2, 0) is 27.3 Å². The molecule has 2 amide bonds. The Morgan fingerprint density at radius 3 is 2.36 bits per heavy atom. The van der Waals surface area contributed by atoms with Crippen LogP contribution >= 0.6 is 11.6 Å². The third-order valence-corrected chi connectivity index (χ3v) is 4.70. The summed E-state index contributed by atoms with van der Waals surface area (Å²) in [4.78, 5) is 27.0. The first-order valence-electron chi connectivity index (χ1n) is 9.33. The van der Waals surface area contributed by atoms with Crippen LogP contribution in [0.3, 0.4) is 0 Å². The average molecular weight is 403 g/mol. The SMILES string of the molecule is COCCCNC(=O)[C@@H](Cc1ccccc1)N(Cc1ccc(Cl)cc1)C(C)=O. The molecule has 0 saturated carbocycles. The summed E-state index contributed by atoms with van der Waals surface area (Å²) in [6.45, 7) is 2.91.